The predicted octanol–water partition coefficient (Wildman–Crippen LogP) is 0.0291. The summed E-state index contributed by atoms with van der Waals surface area (Å²) in [6, 6.07) is 4.10. The topological polar surface area (TPSA) is 54.2 Å². The summed E-state index contributed by atoms with van der Waals surface area (Å²) in [5.41, 5.74) is 7.11. The molecule has 0 aromatic carbocycles. The normalized spacial score (nSPS) is 19.6. The number of piperazine rings is 1. The summed E-state index contributed by atoms with van der Waals surface area (Å²) in [7, 11) is 0. The molecule has 1 unspecified atom stereocenters. The van der Waals surface area contributed by atoms with Crippen LogP contribution in [0, 0.1) is 0 Å². The highest BCUT2D eigenvalue weighted by Crippen LogP contribution is 2.14. The first-order chi connectivity index (χ1) is 7.90. The number of pyridine rings is 1. The van der Waals surface area contributed by atoms with Gasteiger partial charge in [0.1, 0.15) is 0 Å². The predicted molar refractivity (Wildman–Crippen MR) is 65.3 cm³/mol. The average Bonchev–Trinajstić information content (AvgIpc) is 2.38. The van der Waals surface area contributed by atoms with E-state index in [0.717, 1.165) is 32.7 Å². The monoisotopic (exact) mass is 220 g/mol. The van der Waals surface area contributed by atoms with Gasteiger partial charge < -0.3 is 16.0 Å². The van der Waals surface area contributed by atoms with Crippen molar-refractivity contribution in [1.82, 2.24) is 15.2 Å². The quantitative estimate of drug-likeness (QED) is 0.751. The van der Waals surface area contributed by atoms with Crippen molar-refractivity contribution in [3.05, 3.63) is 30.1 Å². The van der Waals surface area contributed by atoms with E-state index < -0.39 is 0 Å². The van der Waals surface area contributed by atoms with Crippen molar-refractivity contribution in [1.29, 1.82) is 0 Å². The van der Waals surface area contributed by atoms with Gasteiger partial charge in [0, 0.05) is 57.6 Å². The van der Waals surface area contributed by atoms with E-state index in [1.54, 1.807) is 0 Å². The molecule has 1 aromatic rings. The molecule has 2 rings (SSSR count). The molecule has 0 bridgehead atoms. The highest BCUT2D eigenvalue weighted by Gasteiger charge is 2.16. The first-order valence-corrected chi connectivity index (χ1v) is 5.93. The maximum Gasteiger partial charge on any atom is 0.0303 e. The Labute approximate surface area is 96.8 Å². The number of nitrogens with zero attached hydrogens (tertiary/aromatic N) is 2. The van der Waals surface area contributed by atoms with Crippen LogP contribution < -0.4 is 11.1 Å². The van der Waals surface area contributed by atoms with Crippen LogP contribution in [0.4, 0.5) is 0 Å². The zero-order chi connectivity index (χ0) is 11.2. The molecule has 2 heterocycles. The van der Waals surface area contributed by atoms with Crippen LogP contribution in [-0.2, 0) is 0 Å². The Hall–Kier alpha value is -0.970. The minimum atomic E-state index is 0.409. The highest BCUT2D eigenvalue weighted by molar-refractivity contribution is 5.15. The number of hydrogen-bond acceptors (Lipinski definition) is 4. The molecule has 4 nitrogen and oxygen atoms in total. The van der Waals surface area contributed by atoms with E-state index in [1.165, 1.54) is 5.56 Å². The smallest absolute Gasteiger partial charge is 0.0303 e. The van der Waals surface area contributed by atoms with Crippen molar-refractivity contribution in [2.75, 3.05) is 39.3 Å². The lowest BCUT2D eigenvalue weighted by molar-refractivity contribution is 0.228. The minimum Gasteiger partial charge on any atom is -0.330 e. The molecule has 0 spiro atoms. The number of hydrogen-bond donors (Lipinski definition) is 2. The third kappa shape index (κ3) is 3.01. The lowest BCUT2D eigenvalue weighted by Crippen LogP contribution is -2.45. The van der Waals surface area contributed by atoms with Crippen LogP contribution in [0.3, 0.4) is 0 Å². The maximum absolute atomic E-state index is 5.85. The van der Waals surface area contributed by atoms with E-state index in [0.29, 0.717) is 12.5 Å². The molecule has 16 heavy (non-hydrogen) atoms. The maximum atomic E-state index is 5.85. The Morgan fingerprint density at radius 1 is 1.44 bits per heavy atom. The van der Waals surface area contributed by atoms with Crippen molar-refractivity contribution in [2.45, 2.75) is 5.92 Å². The molecule has 1 fully saturated rings. The van der Waals surface area contributed by atoms with E-state index in [9.17, 15) is 0 Å². The van der Waals surface area contributed by atoms with Gasteiger partial charge in [0.05, 0.1) is 0 Å². The molecule has 3 N–H and O–H groups in total. The molecule has 0 radical (unpaired) electrons. The van der Waals surface area contributed by atoms with Crippen molar-refractivity contribution < 1.29 is 0 Å². The highest BCUT2D eigenvalue weighted by atomic mass is 15.2. The zero-order valence-electron chi connectivity index (χ0n) is 9.60. The molecule has 0 amide bonds. The van der Waals surface area contributed by atoms with Crippen LogP contribution in [0.1, 0.15) is 11.5 Å². The lowest BCUT2D eigenvalue weighted by atomic mass is 10.0. The molecule has 1 aromatic heterocycles. The Bertz CT molecular complexity index is 295. The van der Waals surface area contributed by atoms with E-state index in [1.807, 2.05) is 18.5 Å². The second-order valence-electron chi connectivity index (χ2n) is 4.27. The fraction of sp³-hybridized carbons (Fsp3) is 0.583. The minimum absolute atomic E-state index is 0.409. The van der Waals surface area contributed by atoms with Crippen LogP contribution in [0.25, 0.3) is 0 Å². The van der Waals surface area contributed by atoms with Gasteiger partial charge in [0.25, 0.3) is 0 Å². The summed E-state index contributed by atoms with van der Waals surface area (Å²) in [6.07, 6.45) is 3.74. The van der Waals surface area contributed by atoms with Crippen molar-refractivity contribution in [3.8, 4) is 0 Å². The van der Waals surface area contributed by atoms with Crippen LogP contribution in [0.15, 0.2) is 24.5 Å². The van der Waals surface area contributed by atoms with Gasteiger partial charge >= 0.3 is 0 Å². The summed E-state index contributed by atoms with van der Waals surface area (Å²) in [6.45, 7) is 6.15. The van der Waals surface area contributed by atoms with Gasteiger partial charge in [-0.25, -0.2) is 0 Å². The third-order valence-corrected chi connectivity index (χ3v) is 3.13. The molecule has 88 valence electrons. The number of aromatic nitrogens is 1. The van der Waals surface area contributed by atoms with E-state index >= 15 is 0 Å². The van der Waals surface area contributed by atoms with Gasteiger partial charge in [-0.05, 0) is 11.6 Å². The van der Waals surface area contributed by atoms with Crippen LogP contribution in [0.5, 0.6) is 0 Å². The summed E-state index contributed by atoms with van der Waals surface area (Å²) in [4.78, 5) is 6.63. The molecule has 0 saturated carbocycles. The molecule has 0 aliphatic carbocycles. The summed E-state index contributed by atoms with van der Waals surface area (Å²) in [5.74, 6) is 0.409. The first-order valence-electron chi connectivity index (χ1n) is 5.93. The van der Waals surface area contributed by atoms with Crippen LogP contribution in [0.2, 0.25) is 0 Å². The Morgan fingerprint density at radius 3 is 2.88 bits per heavy atom. The standard InChI is InChI=1S/C12H20N4/c13-8-12(11-2-1-3-15-9-11)10-16-6-4-14-5-7-16/h1-3,9,12,14H,4-8,10,13H2. The van der Waals surface area contributed by atoms with Crippen LogP contribution in [-0.4, -0.2) is 49.2 Å². The second-order valence-corrected chi connectivity index (χ2v) is 4.27. The first kappa shape index (κ1) is 11.5. The van der Waals surface area contributed by atoms with E-state index in [-0.39, 0.29) is 0 Å². The van der Waals surface area contributed by atoms with Crippen molar-refractivity contribution >= 4 is 0 Å². The summed E-state index contributed by atoms with van der Waals surface area (Å²) in [5, 5.41) is 3.36. The molecule has 1 atom stereocenters. The Balaban J connectivity index is 1.94. The Morgan fingerprint density at radius 2 is 2.25 bits per heavy atom. The van der Waals surface area contributed by atoms with Crippen molar-refractivity contribution in [2.24, 2.45) is 5.73 Å². The summed E-state index contributed by atoms with van der Waals surface area (Å²) >= 11 is 0. The fourth-order valence-electron chi connectivity index (χ4n) is 2.14. The number of nitrogens with two attached hydrogens (primary N) is 1. The van der Waals surface area contributed by atoms with Gasteiger partial charge in [-0.3, -0.25) is 4.98 Å². The molecule has 1 saturated heterocycles. The molecule has 4 heteroatoms. The van der Waals surface area contributed by atoms with Gasteiger partial charge in [-0.2, -0.15) is 0 Å². The number of rotatable bonds is 4. The molecule has 1 aliphatic heterocycles. The van der Waals surface area contributed by atoms with Crippen LogP contribution >= 0.6 is 0 Å². The average molecular weight is 220 g/mol. The Kier molecular flexibility index (Phi) is 4.27. The van der Waals surface area contributed by atoms with E-state index in [4.69, 9.17) is 5.73 Å². The van der Waals surface area contributed by atoms with Gasteiger partial charge in [0.2, 0.25) is 0 Å². The molecular weight excluding hydrogens is 200 g/mol. The lowest BCUT2D eigenvalue weighted by Gasteiger charge is -2.30. The number of nitrogens with one attached hydrogen (secondary N) is 1. The SMILES string of the molecule is NCC(CN1CCNCC1)c1cccnc1. The molecular formula is C12H20N4. The van der Waals surface area contributed by atoms with Gasteiger partial charge in [0.15, 0.2) is 0 Å². The zero-order valence-corrected chi connectivity index (χ0v) is 9.60. The van der Waals surface area contributed by atoms with Gasteiger partial charge in [-0.15, -0.1) is 0 Å². The van der Waals surface area contributed by atoms with Gasteiger partial charge in [-0.1, -0.05) is 6.07 Å². The second kappa shape index (κ2) is 5.94. The third-order valence-electron chi connectivity index (χ3n) is 3.13. The summed E-state index contributed by atoms with van der Waals surface area (Å²) < 4.78 is 0. The molecule has 1 aliphatic rings. The largest absolute Gasteiger partial charge is 0.330 e. The fourth-order valence-corrected chi connectivity index (χ4v) is 2.14. The van der Waals surface area contributed by atoms with Crippen molar-refractivity contribution in [3.63, 3.8) is 0 Å². The van der Waals surface area contributed by atoms with E-state index in [2.05, 4.69) is 21.3 Å².